The van der Waals surface area contributed by atoms with E-state index in [1.165, 1.54) is 10.5 Å². The van der Waals surface area contributed by atoms with Gasteiger partial charge in [0.15, 0.2) is 6.61 Å². The predicted molar refractivity (Wildman–Crippen MR) is 95.0 cm³/mol. The molecule has 4 nitrogen and oxygen atoms in total. The number of carbonyl (C=O) groups excluding carboxylic acids is 1. The molecule has 0 fully saturated rings. The average Bonchev–Trinajstić information content (AvgIpc) is 2.61. The largest absolute Gasteiger partial charge is 0.484 e. The van der Waals surface area contributed by atoms with Gasteiger partial charge in [0.05, 0.1) is 12.1 Å². The minimum absolute atomic E-state index is 0.0507. The van der Waals surface area contributed by atoms with Crippen molar-refractivity contribution in [1.82, 2.24) is 4.90 Å². The monoisotopic (exact) mass is 327 g/mol. The zero-order valence-electron chi connectivity index (χ0n) is 14.7. The molecule has 0 aliphatic rings. The molecule has 2 atom stereocenters. The van der Waals surface area contributed by atoms with E-state index in [2.05, 4.69) is 0 Å². The van der Waals surface area contributed by atoms with Crippen LogP contribution in [0.2, 0.25) is 0 Å². The highest BCUT2D eigenvalue weighted by molar-refractivity contribution is 5.77. The number of ether oxygens (including phenoxy) is 1. The highest BCUT2D eigenvalue weighted by atomic mass is 16.5. The van der Waals surface area contributed by atoms with Gasteiger partial charge in [-0.25, -0.2) is 0 Å². The van der Waals surface area contributed by atoms with E-state index in [0.29, 0.717) is 5.75 Å². The van der Waals surface area contributed by atoms with Crippen LogP contribution < -0.4 is 4.74 Å². The third-order valence-electron chi connectivity index (χ3n) is 4.44. The van der Waals surface area contributed by atoms with Crippen molar-refractivity contribution in [3.8, 4) is 5.75 Å². The van der Waals surface area contributed by atoms with Crippen molar-refractivity contribution in [2.45, 2.75) is 32.9 Å². The van der Waals surface area contributed by atoms with Gasteiger partial charge in [0.1, 0.15) is 5.75 Å². The minimum Gasteiger partial charge on any atom is -0.484 e. The molecule has 0 bridgehead atoms. The standard InChI is InChI=1S/C20H25NO3/c1-14-10-11-18(12-15(14)2)24-13-19(22)21(4)16(3)20(23)17-8-6-5-7-9-17/h5-12,16,20,23H,13H2,1-4H3. The lowest BCUT2D eigenvalue weighted by molar-refractivity contribution is -0.136. The van der Waals surface area contributed by atoms with Crippen molar-refractivity contribution in [2.75, 3.05) is 13.7 Å². The van der Waals surface area contributed by atoms with Gasteiger partial charge in [-0.15, -0.1) is 0 Å². The molecule has 128 valence electrons. The molecule has 0 heterocycles. The first-order chi connectivity index (χ1) is 11.4. The smallest absolute Gasteiger partial charge is 0.260 e. The van der Waals surface area contributed by atoms with Crippen molar-refractivity contribution in [3.05, 3.63) is 65.2 Å². The zero-order valence-corrected chi connectivity index (χ0v) is 14.7. The molecule has 0 aliphatic heterocycles. The maximum absolute atomic E-state index is 12.3. The summed E-state index contributed by atoms with van der Waals surface area (Å²) in [6.07, 6.45) is -0.734. The summed E-state index contributed by atoms with van der Waals surface area (Å²) in [6, 6.07) is 14.8. The molecule has 0 spiro atoms. The topological polar surface area (TPSA) is 49.8 Å². The van der Waals surface area contributed by atoms with E-state index in [9.17, 15) is 9.90 Å². The lowest BCUT2D eigenvalue weighted by Gasteiger charge is -2.29. The maximum Gasteiger partial charge on any atom is 0.260 e. The van der Waals surface area contributed by atoms with Crippen LogP contribution in [0.5, 0.6) is 5.75 Å². The summed E-state index contributed by atoms with van der Waals surface area (Å²) in [6.45, 7) is 5.82. The van der Waals surface area contributed by atoms with Crippen molar-refractivity contribution >= 4 is 5.91 Å². The lowest BCUT2D eigenvalue weighted by Crippen LogP contribution is -2.41. The Hall–Kier alpha value is -2.33. The van der Waals surface area contributed by atoms with E-state index >= 15 is 0 Å². The fourth-order valence-electron chi connectivity index (χ4n) is 2.42. The summed E-state index contributed by atoms with van der Waals surface area (Å²) in [5.74, 6) is 0.506. The summed E-state index contributed by atoms with van der Waals surface area (Å²) in [5.41, 5.74) is 3.10. The molecule has 0 aromatic heterocycles. The van der Waals surface area contributed by atoms with Crippen LogP contribution in [0, 0.1) is 13.8 Å². The first-order valence-electron chi connectivity index (χ1n) is 8.09. The van der Waals surface area contributed by atoms with Gasteiger partial charge in [0.25, 0.3) is 5.91 Å². The number of hydrogen-bond acceptors (Lipinski definition) is 3. The molecule has 0 saturated heterocycles. The Balaban J connectivity index is 1.94. The van der Waals surface area contributed by atoms with Crippen LogP contribution in [0.4, 0.5) is 0 Å². The van der Waals surface area contributed by atoms with Crippen LogP contribution in [0.1, 0.15) is 29.7 Å². The third kappa shape index (κ3) is 4.36. The Morgan fingerprint density at radius 2 is 1.79 bits per heavy atom. The molecular formula is C20H25NO3. The minimum atomic E-state index is -0.734. The Kier molecular flexibility index (Phi) is 5.99. The van der Waals surface area contributed by atoms with Gasteiger partial charge in [-0.2, -0.15) is 0 Å². The molecule has 1 N–H and O–H groups in total. The molecule has 2 unspecified atom stereocenters. The molecule has 0 radical (unpaired) electrons. The Bertz CT molecular complexity index is 685. The van der Waals surface area contributed by atoms with E-state index in [-0.39, 0.29) is 18.6 Å². The number of carbonyl (C=O) groups is 1. The number of nitrogens with zero attached hydrogens (tertiary/aromatic N) is 1. The normalized spacial score (nSPS) is 13.2. The van der Waals surface area contributed by atoms with Crippen LogP contribution in [0.3, 0.4) is 0 Å². The van der Waals surface area contributed by atoms with Gasteiger partial charge in [0, 0.05) is 7.05 Å². The van der Waals surface area contributed by atoms with E-state index in [4.69, 9.17) is 4.74 Å². The van der Waals surface area contributed by atoms with Gasteiger partial charge in [-0.05, 0) is 49.6 Å². The molecule has 0 saturated carbocycles. The molecule has 24 heavy (non-hydrogen) atoms. The number of rotatable bonds is 6. The van der Waals surface area contributed by atoms with Crippen molar-refractivity contribution in [3.63, 3.8) is 0 Å². The summed E-state index contributed by atoms with van der Waals surface area (Å²) in [4.78, 5) is 13.9. The highest BCUT2D eigenvalue weighted by Crippen LogP contribution is 2.20. The molecular weight excluding hydrogens is 302 g/mol. The first kappa shape index (κ1) is 18.0. The van der Waals surface area contributed by atoms with Crippen LogP contribution >= 0.6 is 0 Å². The Morgan fingerprint density at radius 1 is 1.12 bits per heavy atom. The molecule has 4 heteroatoms. The third-order valence-corrected chi connectivity index (χ3v) is 4.44. The fraction of sp³-hybridized carbons (Fsp3) is 0.350. The second-order valence-corrected chi connectivity index (χ2v) is 6.14. The summed E-state index contributed by atoms with van der Waals surface area (Å²) in [7, 11) is 1.68. The first-order valence-corrected chi connectivity index (χ1v) is 8.09. The molecule has 1 amide bonds. The van der Waals surface area contributed by atoms with Crippen LogP contribution in [-0.2, 0) is 4.79 Å². The lowest BCUT2D eigenvalue weighted by atomic mass is 10.0. The fourth-order valence-corrected chi connectivity index (χ4v) is 2.42. The molecule has 2 aromatic rings. The second kappa shape index (κ2) is 7.97. The number of aryl methyl sites for hydroxylation is 2. The number of aliphatic hydroxyl groups excluding tert-OH is 1. The molecule has 2 rings (SSSR count). The van der Waals surface area contributed by atoms with Crippen molar-refractivity contribution in [2.24, 2.45) is 0 Å². The van der Waals surface area contributed by atoms with Crippen LogP contribution in [0.15, 0.2) is 48.5 Å². The average molecular weight is 327 g/mol. The van der Waals surface area contributed by atoms with E-state index in [0.717, 1.165) is 11.1 Å². The number of likely N-dealkylation sites (N-methyl/N-ethyl adjacent to an activating group) is 1. The molecule has 0 aliphatic carbocycles. The van der Waals surface area contributed by atoms with Crippen LogP contribution in [-0.4, -0.2) is 35.6 Å². The van der Waals surface area contributed by atoms with Gasteiger partial charge in [-0.3, -0.25) is 4.79 Å². The van der Waals surface area contributed by atoms with Gasteiger partial charge < -0.3 is 14.7 Å². The summed E-state index contributed by atoms with van der Waals surface area (Å²) < 4.78 is 5.59. The number of amides is 1. The summed E-state index contributed by atoms with van der Waals surface area (Å²) in [5, 5.41) is 10.4. The zero-order chi connectivity index (χ0) is 17.7. The van der Waals surface area contributed by atoms with E-state index in [1.54, 1.807) is 7.05 Å². The quantitative estimate of drug-likeness (QED) is 0.886. The van der Waals surface area contributed by atoms with E-state index in [1.807, 2.05) is 69.3 Å². The number of aliphatic hydroxyl groups is 1. The van der Waals surface area contributed by atoms with Gasteiger partial charge in [0.2, 0.25) is 0 Å². The van der Waals surface area contributed by atoms with E-state index < -0.39 is 6.10 Å². The van der Waals surface area contributed by atoms with Crippen molar-refractivity contribution < 1.29 is 14.6 Å². The Morgan fingerprint density at radius 3 is 2.42 bits per heavy atom. The van der Waals surface area contributed by atoms with Gasteiger partial charge in [-0.1, -0.05) is 36.4 Å². The van der Waals surface area contributed by atoms with Gasteiger partial charge >= 0.3 is 0 Å². The SMILES string of the molecule is Cc1ccc(OCC(=O)N(C)C(C)C(O)c2ccccc2)cc1C. The maximum atomic E-state index is 12.3. The molecule has 2 aromatic carbocycles. The summed E-state index contributed by atoms with van der Waals surface area (Å²) >= 11 is 0. The van der Waals surface area contributed by atoms with Crippen LogP contribution in [0.25, 0.3) is 0 Å². The number of benzene rings is 2. The highest BCUT2D eigenvalue weighted by Gasteiger charge is 2.24. The second-order valence-electron chi connectivity index (χ2n) is 6.14. The van der Waals surface area contributed by atoms with Crippen molar-refractivity contribution in [1.29, 1.82) is 0 Å². The predicted octanol–water partition coefficient (Wildman–Crippen LogP) is 3.26. The number of hydrogen-bond donors (Lipinski definition) is 1. The Labute approximate surface area is 143 Å².